The number of rotatable bonds is 3. The second kappa shape index (κ2) is 5.09. The van der Waals surface area contributed by atoms with E-state index in [1.165, 1.54) is 0 Å². The monoisotopic (exact) mass is 317 g/mol. The molecular formula is C16H16ClN3O2. The SMILES string of the molecule is Cc1cc(Cl)ccc1N1CC(c2nc(C3CC3)no2)CC1=O. The molecule has 1 atom stereocenters. The van der Waals surface area contributed by atoms with Gasteiger partial charge in [-0.05, 0) is 43.5 Å². The summed E-state index contributed by atoms with van der Waals surface area (Å²) in [7, 11) is 0. The first-order valence-electron chi connectivity index (χ1n) is 7.52. The van der Waals surface area contributed by atoms with E-state index in [2.05, 4.69) is 10.1 Å². The molecule has 1 aromatic heterocycles. The van der Waals surface area contributed by atoms with E-state index >= 15 is 0 Å². The Morgan fingerprint density at radius 2 is 2.14 bits per heavy atom. The van der Waals surface area contributed by atoms with Gasteiger partial charge in [-0.1, -0.05) is 16.8 Å². The van der Waals surface area contributed by atoms with Crippen LogP contribution >= 0.6 is 11.6 Å². The van der Waals surface area contributed by atoms with E-state index < -0.39 is 0 Å². The molecule has 0 radical (unpaired) electrons. The van der Waals surface area contributed by atoms with Gasteiger partial charge in [0, 0.05) is 29.6 Å². The van der Waals surface area contributed by atoms with Crippen LogP contribution in [0.15, 0.2) is 22.7 Å². The second-order valence-electron chi connectivity index (χ2n) is 6.10. The van der Waals surface area contributed by atoms with Gasteiger partial charge < -0.3 is 9.42 Å². The van der Waals surface area contributed by atoms with E-state index in [9.17, 15) is 4.79 Å². The number of carbonyl (C=O) groups excluding carboxylic acids is 1. The van der Waals surface area contributed by atoms with Crippen LogP contribution in [0, 0.1) is 6.92 Å². The molecule has 0 N–H and O–H groups in total. The van der Waals surface area contributed by atoms with Crippen LogP contribution in [0.25, 0.3) is 0 Å². The van der Waals surface area contributed by atoms with Crippen LogP contribution in [-0.2, 0) is 4.79 Å². The molecule has 2 aromatic rings. The van der Waals surface area contributed by atoms with Gasteiger partial charge in [0.05, 0.1) is 5.92 Å². The van der Waals surface area contributed by atoms with Gasteiger partial charge in [-0.3, -0.25) is 4.79 Å². The number of amides is 1. The number of halogens is 1. The third-order valence-electron chi connectivity index (χ3n) is 4.32. The van der Waals surface area contributed by atoms with Crippen molar-refractivity contribution in [1.29, 1.82) is 0 Å². The predicted molar refractivity (Wildman–Crippen MR) is 82.2 cm³/mol. The fourth-order valence-electron chi connectivity index (χ4n) is 2.95. The minimum absolute atomic E-state index is 0.0254. The van der Waals surface area contributed by atoms with Gasteiger partial charge in [-0.25, -0.2) is 0 Å². The van der Waals surface area contributed by atoms with E-state index in [0.29, 0.717) is 29.8 Å². The molecule has 6 heteroatoms. The van der Waals surface area contributed by atoms with Gasteiger partial charge in [0.2, 0.25) is 11.8 Å². The van der Waals surface area contributed by atoms with Gasteiger partial charge in [0.15, 0.2) is 5.82 Å². The number of aryl methyl sites for hydroxylation is 1. The summed E-state index contributed by atoms with van der Waals surface area (Å²) in [6.07, 6.45) is 2.69. The molecule has 114 valence electrons. The van der Waals surface area contributed by atoms with E-state index in [1.54, 1.807) is 4.90 Å². The third kappa shape index (κ3) is 2.39. The minimum Gasteiger partial charge on any atom is -0.339 e. The van der Waals surface area contributed by atoms with Crippen LogP contribution in [0.3, 0.4) is 0 Å². The Bertz CT molecular complexity index is 739. The third-order valence-corrected chi connectivity index (χ3v) is 4.56. The number of hydrogen-bond donors (Lipinski definition) is 0. The summed E-state index contributed by atoms with van der Waals surface area (Å²) >= 11 is 5.99. The van der Waals surface area contributed by atoms with Crippen LogP contribution in [-0.4, -0.2) is 22.6 Å². The molecule has 2 aliphatic rings. The Kier molecular flexibility index (Phi) is 3.18. The van der Waals surface area contributed by atoms with Crippen molar-refractivity contribution in [2.75, 3.05) is 11.4 Å². The molecule has 2 fully saturated rings. The highest BCUT2D eigenvalue weighted by Crippen LogP contribution is 2.39. The lowest BCUT2D eigenvalue weighted by molar-refractivity contribution is -0.117. The van der Waals surface area contributed by atoms with Crippen molar-refractivity contribution in [3.05, 3.63) is 40.5 Å². The number of benzene rings is 1. The maximum Gasteiger partial charge on any atom is 0.232 e. The lowest BCUT2D eigenvalue weighted by Crippen LogP contribution is -2.25. The Balaban J connectivity index is 1.57. The highest BCUT2D eigenvalue weighted by atomic mass is 35.5. The molecule has 0 bridgehead atoms. The molecule has 1 aliphatic heterocycles. The van der Waals surface area contributed by atoms with Crippen molar-refractivity contribution >= 4 is 23.2 Å². The Morgan fingerprint density at radius 1 is 1.32 bits per heavy atom. The van der Waals surface area contributed by atoms with Crippen molar-refractivity contribution in [2.24, 2.45) is 0 Å². The Hall–Kier alpha value is -1.88. The Labute approximate surface area is 133 Å². The summed E-state index contributed by atoms with van der Waals surface area (Å²) in [6.45, 7) is 2.54. The van der Waals surface area contributed by atoms with Crippen molar-refractivity contribution in [1.82, 2.24) is 10.1 Å². The molecule has 1 saturated heterocycles. The van der Waals surface area contributed by atoms with Crippen LogP contribution in [0.2, 0.25) is 5.02 Å². The first-order valence-corrected chi connectivity index (χ1v) is 7.89. The average Bonchev–Trinajstić information content (AvgIpc) is 3.08. The quantitative estimate of drug-likeness (QED) is 0.870. The molecule has 1 saturated carbocycles. The summed E-state index contributed by atoms with van der Waals surface area (Å²) in [6, 6.07) is 5.57. The number of nitrogens with zero attached hydrogens (tertiary/aromatic N) is 3. The zero-order valence-corrected chi connectivity index (χ0v) is 13.0. The number of anilines is 1. The molecular weight excluding hydrogens is 302 g/mol. The molecule has 2 heterocycles. The molecule has 4 rings (SSSR count). The number of aromatic nitrogens is 2. The second-order valence-corrected chi connectivity index (χ2v) is 6.54. The first-order chi connectivity index (χ1) is 10.6. The van der Waals surface area contributed by atoms with Crippen molar-refractivity contribution in [3.63, 3.8) is 0 Å². The molecule has 5 nitrogen and oxygen atoms in total. The fraction of sp³-hybridized carbons (Fsp3) is 0.438. The van der Waals surface area contributed by atoms with E-state index in [4.69, 9.17) is 16.1 Å². The zero-order valence-electron chi connectivity index (χ0n) is 12.3. The minimum atomic E-state index is -0.0254. The van der Waals surface area contributed by atoms with E-state index in [1.807, 2.05) is 25.1 Å². The van der Waals surface area contributed by atoms with Crippen molar-refractivity contribution < 1.29 is 9.32 Å². The smallest absolute Gasteiger partial charge is 0.232 e. The fourth-order valence-corrected chi connectivity index (χ4v) is 3.17. The Morgan fingerprint density at radius 3 is 2.86 bits per heavy atom. The summed E-state index contributed by atoms with van der Waals surface area (Å²) < 4.78 is 5.37. The van der Waals surface area contributed by atoms with Crippen LogP contribution in [0.5, 0.6) is 0 Å². The van der Waals surface area contributed by atoms with Gasteiger partial charge in [0.25, 0.3) is 0 Å². The highest BCUT2D eigenvalue weighted by Gasteiger charge is 2.37. The normalized spacial score (nSPS) is 21.6. The lowest BCUT2D eigenvalue weighted by atomic mass is 10.1. The first kappa shape index (κ1) is 13.8. The topological polar surface area (TPSA) is 59.2 Å². The largest absolute Gasteiger partial charge is 0.339 e. The molecule has 1 aromatic carbocycles. The molecule has 1 aliphatic carbocycles. The number of carbonyl (C=O) groups is 1. The molecule has 1 amide bonds. The maximum absolute atomic E-state index is 12.4. The van der Waals surface area contributed by atoms with Crippen LogP contribution < -0.4 is 4.90 Å². The molecule has 0 spiro atoms. The van der Waals surface area contributed by atoms with E-state index in [-0.39, 0.29) is 11.8 Å². The lowest BCUT2D eigenvalue weighted by Gasteiger charge is -2.18. The summed E-state index contributed by atoms with van der Waals surface area (Å²) in [5, 5.41) is 4.72. The highest BCUT2D eigenvalue weighted by molar-refractivity contribution is 6.30. The maximum atomic E-state index is 12.4. The van der Waals surface area contributed by atoms with Gasteiger partial charge >= 0.3 is 0 Å². The van der Waals surface area contributed by atoms with Gasteiger partial charge in [-0.15, -0.1) is 0 Å². The summed E-state index contributed by atoms with van der Waals surface area (Å²) in [4.78, 5) is 18.6. The van der Waals surface area contributed by atoms with Crippen molar-refractivity contribution in [3.8, 4) is 0 Å². The number of hydrogen-bond acceptors (Lipinski definition) is 4. The zero-order chi connectivity index (χ0) is 15.3. The standard InChI is InChI=1S/C16H16ClN3O2/c1-9-6-12(17)4-5-13(9)20-8-11(7-14(20)21)16-18-15(19-22-16)10-2-3-10/h4-6,10-11H,2-3,7-8H2,1H3. The van der Waals surface area contributed by atoms with Gasteiger partial charge in [0.1, 0.15) is 0 Å². The summed E-state index contributed by atoms with van der Waals surface area (Å²) in [5.74, 6) is 1.90. The predicted octanol–water partition coefficient (Wildman–Crippen LogP) is 3.43. The summed E-state index contributed by atoms with van der Waals surface area (Å²) in [5.41, 5.74) is 1.89. The molecule has 1 unspecified atom stereocenters. The average molecular weight is 318 g/mol. The molecule has 22 heavy (non-hydrogen) atoms. The van der Waals surface area contributed by atoms with Gasteiger partial charge in [-0.2, -0.15) is 4.98 Å². The van der Waals surface area contributed by atoms with Crippen molar-refractivity contribution in [2.45, 2.75) is 38.0 Å². The van der Waals surface area contributed by atoms with Crippen LogP contribution in [0.1, 0.15) is 48.4 Å². The van der Waals surface area contributed by atoms with E-state index in [0.717, 1.165) is 29.9 Å². The van der Waals surface area contributed by atoms with Crippen LogP contribution in [0.4, 0.5) is 5.69 Å².